The zero-order valence-electron chi connectivity index (χ0n) is 12.8. The molecule has 1 aromatic heterocycles. The molecule has 1 aromatic rings. The van der Waals surface area contributed by atoms with Crippen molar-refractivity contribution in [2.75, 3.05) is 19.8 Å². The zero-order valence-corrected chi connectivity index (χ0v) is 14.4. The number of rotatable bonds is 6. The molecule has 0 radical (unpaired) electrons. The Morgan fingerprint density at radius 2 is 2.10 bits per heavy atom. The molecule has 1 aliphatic heterocycles. The lowest BCUT2D eigenvalue weighted by Crippen LogP contribution is -2.41. The van der Waals surface area contributed by atoms with Gasteiger partial charge in [0.15, 0.2) is 0 Å². The highest BCUT2D eigenvalue weighted by Crippen LogP contribution is 2.27. The van der Waals surface area contributed by atoms with E-state index in [4.69, 9.17) is 4.74 Å². The Bertz CT molecular complexity index is 427. The van der Waals surface area contributed by atoms with Crippen molar-refractivity contribution in [2.45, 2.75) is 45.6 Å². The summed E-state index contributed by atoms with van der Waals surface area (Å²) in [6.45, 7) is 7.15. The van der Waals surface area contributed by atoms with Gasteiger partial charge >= 0.3 is 0 Å². The Labute approximate surface area is 130 Å². The first-order valence-corrected chi connectivity index (χ1v) is 8.48. The lowest BCUT2D eigenvalue weighted by Gasteiger charge is -2.31. The summed E-state index contributed by atoms with van der Waals surface area (Å²) in [7, 11) is 2.05. The second-order valence-corrected chi connectivity index (χ2v) is 6.30. The van der Waals surface area contributed by atoms with Gasteiger partial charge in [0, 0.05) is 32.7 Å². The molecule has 2 heterocycles. The van der Waals surface area contributed by atoms with E-state index in [1.807, 2.05) is 11.7 Å². The van der Waals surface area contributed by atoms with Crippen LogP contribution < -0.4 is 5.32 Å². The van der Waals surface area contributed by atoms with Crippen molar-refractivity contribution in [3.05, 3.63) is 15.9 Å². The van der Waals surface area contributed by atoms with E-state index in [1.165, 1.54) is 10.2 Å². The van der Waals surface area contributed by atoms with Gasteiger partial charge in [0.05, 0.1) is 15.9 Å². The van der Waals surface area contributed by atoms with Crippen LogP contribution in [0.3, 0.4) is 0 Å². The molecule has 0 amide bonds. The molecular weight excluding hydrogens is 318 g/mol. The average Bonchev–Trinajstić information content (AvgIpc) is 2.75. The summed E-state index contributed by atoms with van der Waals surface area (Å²) in [6.07, 6.45) is 4.32. The van der Waals surface area contributed by atoms with Crippen LogP contribution >= 0.6 is 15.9 Å². The lowest BCUT2D eigenvalue weighted by atomic mass is 9.88. The molecular formula is C15H26BrN3O. The fraction of sp³-hybridized carbons (Fsp3) is 0.800. The van der Waals surface area contributed by atoms with Gasteiger partial charge in [-0.1, -0.05) is 13.8 Å². The molecule has 1 N–H and O–H groups in total. The van der Waals surface area contributed by atoms with Crippen molar-refractivity contribution < 1.29 is 4.74 Å². The molecule has 4 nitrogen and oxygen atoms in total. The minimum atomic E-state index is 0.514. The Kier molecular flexibility index (Phi) is 6.05. The van der Waals surface area contributed by atoms with Crippen molar-refractivity contribution in [1.82, 2.24) is 15.1 Å². The van der Waals surface area contributed by atoms with E-state index in [0.717, 1.165) is 51.1 Å². The standard InChI is InChI=1S/C15H26BrN3O/c1-4-12-15(16)14(19(3)18-12)10-13(17-5-2)11-6-8-20-9-7-11/h11,13,17H,4-10H2,1-3H3. The third-order valence-corrected chi connectivity index (χ3v) is 5.13. The fourth-order valence-electron chi connectivity index (χ4n) is 3.04. The van der Waals surface area contributed by atoms with E-state index in [-0.39, 0.29) is 0 Å². The Balaban J connectivity index is 2.12. The molecule has 20 heavy (non-hydrogen) atoms. The Morgan fingerprint density at radius 1 is 1.40 bits per heavy atom. The summed E-state index contributed by atoms with van der Waals surface area (Å²) in [5, 5.41) is 8.27. The molecule has 0 aliphatic carbocycles. The second-order valence-electron chi connectivity index (χ2n) is 5.50. The molecule has 1 fully saturated rings. The van der Waals surface area contributed by atoms with E-state index in [0.29, 0.717) is 12.0 Å². The predicted molar refractivity (Wildman–Crippen MR) is 85.0 cm³/mol. The molecule has 1 atom stereocenters. The SMILES string of the molecule is CCNC(Cc1c(Br)c(CC)nn1C)C1CCOCC1. The van der Waals surface area contributed by atoms with Gasteiger partial charge in [0.25, 0.3) is 0 Å². The van der Waals surface area contributed by atoms with Crippen molar-refractivity contribution in [2.24, 2.45) is 13.0 Å². The molecule has 1 saturated heterocycles. The van der Waals surface area contributed by atoms with E-state index < -0.39 is 0 Å². The van der Waals surface area contributed by atoms with Crippen LogP contribution in [0.5, 0.6) is 0 Å². The summed E-state index contributed by atoms with van der Waals surface area (Å²) in [6, 6.07) is 0.514. The molecule has 0 spiro atoms. The van der Waals surface area contributed by atoms with Gasteiger partial charge in [-0.3, -0.25) is 4.68 Å². The monoisotopic (exact) mass is 343 g/mol. The van der Waals surface area contributed by atoms with Gasteiger partial charge in [-0.15, -0.1) is 0 Å². The van der Waals surface area contributed by atoms with Crippen LogP contribution in [0.15, 0.2) is 4.47 Å². The van der Waals surface area contributed by atoms with Crippen molar-refractivity contribution in [1.29, 1.82) is 0 Å². The van der Waals surface area contributed by atoms with Crippen LogP contribution in [-0.4, -0.2) is 35.6 Å². The predicted octanol–water partition coefficient (Wildman–Crippen LogP) is 2.69. The van der Waals surface area contributed by atoms with Crippen LogP contribution in [-0.2, 0) is 24.6 Å². The van der Waals surface area contributed by atoms with Gasteiger partial charge in [-0.25, -0.2) is 0 Å². The van der Waals surface area contributed by atoms with Crippen LogP contribution in [0.4, 0.5) is 0 Å². The number of aryl methyl sites for hydroxylation is 2. The van der Waals surface area contributed by atoms with Gasteiger partial charge in [0.1, 0.15) is 0 Å². The van der Waals surface area contributed by atoms with Gasteiger partial charge in [-0.05, 0) is 47.7 Å². The first-order valence-electron chi connectivity index (χ1n) is 7.68. The first-order chi connectivity index (χ1) is 9.67. The minimum absolute atomic E-state index is 0.514. The van der Waals surface area contributed by atoms with E-state index >= 15 is 0 Å². The van der Waals surface area contributed by atoms with E-state index in [2.05, 4.69) is 40.2 Å². The normalized spacial score (nSPS) is 18.4. The number of aromatic nitrogens is 2. The number of hydrogen-bond donors (Lipinski definition) is 1. The van der Waals surface area contributed by atoms with Crippen molar-refractivity contribution in [3.8, 4) is 0 Å². The Hall–Kier alpha value is -0.390. The fourth-order valence-corrected chi connectivity index (χ4v) is 3.81. The third kappa shape index (κ3) is 3.62. The van der Waals surface area contributed by atoms with Crippen molar-refractivity contribution >= 4 is 15.9 Å². The molecule has 0 bridgehead atoms. The van der Waals surface area contributed by atoms with Crippen LogP contribution in [0, 0.1) is 5.92 Å². The van der Waals surface area contributed by atoms with Crippen LogP contribution in [0.25, 0.3) is 0 Å². The number of halogens is 1. The molecule has 114 valence electrons. The largest absolute Gasteiger partial charge is 0.381 e. The molecule has 0 saturated carbocycles. The average molecular weight is 344 g/mol. The maximum Gasteiger partial charge on any atom is 0.0766 e. The molecule has 5 heteroatoms. The second kappa shape index (κ2) is 7.57. The summed E-state index contributed by atoms with van der Waals surface area (Å²) < 4.78 is 8.72. The number of likely N-dealkylation sites (N-methyl/N-ethyl adjacent to an activating group) is 1. The smallest absolute Gasteiger partial charge is 0.0766 e. The number of nitrogens with zero attached hydrogens (tertiary/aromatic N) is 2. The number of hydrogen-bond acceptors (Lipinski definition) is 3. The maximum absolute atomic E-state index is 5.49. The highest BCUT2D eigenvalue weighted by Gasteiger charge is 2.26. The molecule has 2 rings (SSSR count). The highest BCUT2D eigenvalue weighted by molar-refractivity contribution is 9.10. The first kappa shape index (κ1) is 16.0. The lowest BCUT2D eigenvalue weighted by molar-refractivity contribution is 0.0537. The molecule has 1 unspecified atom stereocenters. The Morgan fingerprint density at radius 3 is 2.65 bits per heavy atom. The topological polar surface area (TPSA) is 39.1 Å². The quantitative estimate of drug-likeness (QED) is 0.862. The third-order valence-electron chi connectivity index (χ3n) is 4.22. The summed E-state index contributed by atoms with van der Waals surface area (Å²) in [4.78, 5) is 0. The summed E-state index contributed by atoms with van der Waals surface area (Å²) in [5.74, 6) is 0.704. The molecule has 1 aliphatic rings. The molecule has 0 aromatic carbocycles. The van der Waals surface area contributed by atoms with Crippen molar-refractivity contribution in [3.63, 3.8) is 0 Å². The summed E-state index contributed by atoms with van der Waals surface area (Å²) in [5.41, 5.74) is 2.46. The maximum atomic E-state index is 5.49. The van der Waals surface area contributed by atoms with E-state index in [9.17, 15) is 0 Å². The van der Waals surface area contributed by atoms with Gasteiger partial charge < -0.3 is 10.1 Å². The van der Waals surface area contributed by atoms with Gasteiger partial charge in [0.2, 0.25) is 0 Å². The highest BCUT2D eigenvalue weighted by atomic mass is 79.9. The number of ether oxygens (including phenoxy) is 1. The number of nitrogens with one attached hydrogen (secondary N) is 1. The minimum Gasteiger partial charge on any atom is -0.381 e. The van der Waals surface area contributed by atoms with Crippen LogP contribution in [0.2, 0.25) is 0 Å². The summed E-state index contributed by atoms with van der Waals surface area (Å²) >= 11 is 3.73. The zero-order chi connectivity index (χ0) is 14.5. The van der Waals surface area contributed by atoms with Crippen LogP contribution in [0.1, 0.15) is 38.1 Å². The van der Waals surface area contributed by atoms with E-state index in [1.54, 1.807) is 0 Å². The van der Waals surface area contributed by atoms with Gasteiger partial charge in [-0.2, -0.15) is 5.10 Å².